The van der Waals surface area contributed by atoms with Gasteiger partial charge in [0.1, 0.15) is 5.75 Å². The van der Waals surface area contributed by atoms with Crippen LogP contribution in [0.3, 0.4) is 0 Å². The van der Waals surface area contributed by atoms with Crippen molar-refractivity contribution >= 4 is 11.6 Å². The van der Waals surface area contributed by atoms with Crippen LogP contribution in [-0.2, 0) is 4.79 Å². The predicted molar refractivity (Wildman–Crippen MR) is 108 cm³/mol. The van der Waals surface area contributed by atoms with Crippen LogP contribution in [-0.4, -0.2) is 25.7 Å². The Morgan fingerprint density at radius 1 is 1.00 bits per heavy atom. The van der Waals surface area contributed by atoms with Crippen molar-refractivity contribution in [3.05, 3.63) is 48.5 Å². The molecule has 0 aromatic heterocycles. The fourth-order valence-corrected chi connectivity index (χ4v) is 2.56. The molecule has 0 heterocycles. The number of anilines is 1. The molecule has 0 aliphatic carbocycles. The minimum absolute atomic E-state index is 0.228. The van der Waals surface area contributed by atoms with E-state index in [1.54, 1.807) is 26.2 Å². The Morgan fingerprint density at radius 2 is 1.70 bits per heavy atom. The summed E-state index contributed by atoms with van der Waals surface area (Å²) in [6, 6.07) is 14.6. The van der Waals surface area contributed by atoms with Crippen LogP contribution in [0.4, 0.5) is 5.69 Å². The van der Waals surface area contributed by atoms with Crippen LogP contribution in [0.2, 0.25) is 0 Å². The van der Waals surface area contributed by atoms with Crippen molar-refractivity contribution in [2.75, 3.05) is 19.0 Å². The molecule has 5 nitrogen and oxygen atoms in total. The third-order valence-corrected chi connectivity index (χ3v) is 4.13. The zero-order valence-corrected chi connectivity index (χ0v) is 16.4. The van der Waals surface area contributed by atoms with E-state index >= 15 is 0 Å². The van der Waals surface area contributed by atoms with E-state index in [2.05, 4.69) is 12.2 Å². The number of nitrogens with one attached hydrogen (secondary N) is 1. The average molecular weight is 371 g/mol. The fourth-order valence-electron chi connectivity index (χ4n) is 2.56. The Labute approximate surface area is 161 Å². The van der Waals surface area contributed by atoms with Gasteiger partial charge in [-0.1, -0.05) is 38.3 Å². The van der Waals surface area contributed by atoms with Gasteiger partial charge in [-0.3, -0.25) is 4.79 Å². The van der Waals surface area contributed by atoms with Crippen LogP contribution >= 0.6 is 0 Å². The van der Waals surface area contributed by atoms with Crippen molar-refractivity contribution in [3.8, 4) is 17.2 Å². The summed E-state index contributed by atoms with van der Waals surface area (Å²) in [5.41, 5.74) is 0.703. The lowest BCUT2D eigenvalue weighted by Crippen LogP contribution is -2.30. The fraction of sp³-hybridized carbons (Fsp3) is 0.409. The lowest BCUT2D eigenvalue weighted by atomic mass is 10.2. The second-order valence-electron chi connectivity index (χ2n) is 6.33. The molecule has 0 bridgehead atoms. The van der Waals surface area contributed by atoms with E-state index in [0.717, 1.165) is 18.8 Å². The summed E-state index contributed by atoms with van der Waals surface area (Å²) < 4.78 is 16.7. The number of unbranched alkanes of at least 4 members (excludes halogenated alkanes) is 3. The highest BCUT2D eigenvalue weighted by molar-refractivity contribution is 5.94. The first-order valence-corrected chi connectivity index (χ1v) is 9.47. The molecule has 1 amide bonds. The van der Waals surface area contributed by atoms with Crippen molar-refractivity contribution < 1.29 is 19.0 Å². The lowest BCUT2D eigenvalue weighted by Gasteiger charge is -2.16. The van der Waals surface area contributed by atoms with Gasteiger partial charge in [-0.15, -0.1) is 0 Å². The minimum Gasteiger partial charge on any atom is -0.494 e. The van der Waals surface area contributed by atoms with Crippen LogP contribution in [0.15, 0.2) is 48.5 Å². The molecule has 0 aliphatic rings. The highest BCUT2D eigenvalue weighted by Crippen LogP contribution is 2.27. The molecular weight excluding hydrogens is 342 g/mol. The largest absolute Gasteiger partial charge is 0.494 e. The summed E-state index contributed by atoms with van der Waals surface area (Å²) >= 11 is 0. The van der Waals surface area contributed by atoms with E-state index in [9.17, 15) is 4.79 Å². The molecule has 0 aliphatic heterocycles. The summed E-state index contributed by atoms with van der Waals surface area (Å²) in [7, 11) is 1.57. The smallest absolute Gasteiger partial charge is 0.265 e. The number of hydrogen-bond donors (Lipinski definition) is 1. The second-order valence-corrected chi connectivity index (χ2v) is 6.33. The third kappa shape index (κ3) is 6.85. The molecule has 2 rings (SSSR count). The van der Waals surface area contributed by atoms with Gasteiger partial charge in [0.2, 0.25) is 0 Å². The second kappa shape index (κ2) is 11.1. The molecule has 0 fully saturated rings. The SMILES string of the molecule is CCCCCCOc1ccc(NC(=O)[C@@H](C)Oc2ccccc2OC)cc1. The lowest BCUT2D eigenvalue weighted by molar-refractivity contribution is -0.122. The highest BCUT2D eigenvalue weighted by Gasteiger charge is 2.16. The summed E-state index contributed by atoms with van der Waals surface area (Å²) in [6.45, 7) is 4.61. The average Bonchev–Trinajstić information content (AvgIpc) is 2.69. The maximum absolute atomic E-state index is 12.4. The molecule has 0 saturated carbocycles. The van der Waals surface area contributed by atoms with Crippen LogP contribution in [0, 0.1) is 0 Å². The van der Waals surface area contributed by atoms with Crippen molar-refractivity contribution in [1.82, 2.24) is 0 Å². The maximum atomic E-state index is 12.4. The van der Waals surface area contributed by atoms with E-state index in [1.807, 2.05) is 36.4 Å². The number of methoxy groups -OCH3 is 1. The van der Waals surface area contributed by atoms with Crippen LogP contribution in [0.25, 0.3) is 0 Å². The normalized spacial score (nSPS) is 11.5. The van der Waals surface area contributed by atoms with E-state index in [1.165, 1.54) is 19.3 Å². The van der Waals surface area contributed by atoms with Crippen LogP contribution in [0.5, 0.6) is 17.2 Å². The first kappa shape index (κ1) is 20.6. The number of ether oxygens (including phenoxy) is 3. The standard InChI is InChI=1S/C22H29NO4/c1-4-5-6-9-16-26-19-14-12-18(13-15-19)23-22(24)17(2)27-21-11-8-7-10-20(21)25-3/h7-8,10-15,17H,4-6,9,16H2,1-3H3,(H,23,24)/t17-/m1/s1. The van der Waals surface area contributed by atoms with Gasteiger partial charge in [-0.25, -0.2) is 0 Å². The Kier molecular flexibility index (Phi) is 8.49. The number of rotatable bonds is 11. The third-order valence-electron chi connectivity index (χ3n) is 4.13. The molecule has 146 valence electrons. The minimum atomic E-state index is -0.657. The molecule has 0 radical (unpaired) electrons. The summed E-state index contributed by atoms with van der Waals surface area (Å²) in [5, 5.41) is 2.85. The van der Waals surface area contributed by atoms with Gasteiger partial charge in [0.25, 0.3) is 5.91 Å². The molecule has 27 heavy (non-hydrogen) atoms. The summed E-state index contributed by atoms with van der Waals surface area (Å²) in [5.74, 6) is 1.71. The van der Waals surface area contributed by atoms with E-state index in [4.69, 9.17) is 14.2 Å². The topological polar surface area (TPSA) is 56.8 Å². The van der Waals surface area contributed by atoms with Gasteiger partial charge >= 0.3 is 0 Å². The first-order chi connectivity index (χ1) is 13.1. The van der Waals surface area contributed by atoms with Crippen molar-refractivity contribution in [2.24, 2.45) is 0 Å². The van der Waals surface area contributed by atoms with E-state index < -0.39 is 6.10 Å². The number of hydrogen-bond acceptors (Lipinski definition) is 4. The predicted octanol–water partition coefficient (Wildman–Crippen LogP) is 5.06. The van der Waals surface area contributed by atoms with Crippen LogP contribution < -0.4 is 19.5 Å². The van der Waals surface area contributed by atoms with Gasteiger partial charge in [0.05, 0.1) is 13.7 Å². The molecule has 2 aromatic carbocycles. The molecule has 1 atom stereocenters. The van der Waals surface area contributed by atoms with Gasteiger partial charge in [0, 0.05) is 5.69 Å². The highest BCUT2D eigenvalue weighted by atomic mass is 16.5. The zero-order chi connectivity index (χ0) is 19.5. The van der Waals surface area contributed by atoms with Gasteiger partial charge in [0.15, 0.2) is 17.6 Å². The number of carbonyl (C=O) groups excluding carboxylic acids is 1. The quantitative estimate of drug-likeness (QED) is 0.561. The molecular formula is C22H29NO4. The molecule has 1 N–H and O–H groups in total. The molecule has 2 aromatic rings. The molecule has 0 spiro atoms. The Hall–Kier alpha value is -2.69. The number of carbonyl (C=O) groups is 1. The molecule has 0 unspecified atom stereocenters. The Morgan fingerprint density at radius 3 is 2.37 bits per heavy atom. The van der Waals surface area contributed by atoms with E-state index in [0.29, 0.717) is 17.2 Å². The number of amides is 1. The van der Waals surface area contributed by atoms with Gasteiger partial charge in [-0.05, 0) is 49.7 Å². The zero-order valence-electron chi connectivity index (χ0n) is 16.4. The molecule has 5 heteroatoms. The van der Waals surface area contributed by atoms with Crippen LogP contribution in [0.1, 0.15) is 39.5 Å². The Bertz CT molecular complexity index is 700. The Balaban J connectivity index is 1.82. The summed E-state index contributed by atoms with van der Waals surface area (Å²) in [4.78, 5) is 12.4. The first-order valence-electron chi connectivity index (χ1n) is 9.47. The number of benzene rings is 2. The number of para-hydroxylation sites is 2. The maximum Gasteiger partial charge on any atom is 0.265 e. The van der Waals surface area contributed by atoms with E-state index in [-0.39, 0.29) is 5.91 Å². The van der Waals surface area contributed by atoms with Crippen molar-refractivity contribution in [1.29, 1.82) is 0 Å². The van der Waals surface area contributed by atoms with Crippen molar-refractivity contribution in [2.45, 2.75) is 45.6 Å². The monoisotopic (exact) mass is 371 g/mol. The molecule has 0 saturated heterocycles. The summed E-state index contributed by atoms with van der Waals surface area (Å²) in [6.07, 6.45) is 4.05. The van der Waals surface area contributed by atoms with Crippen molar-refractivity contribution in [3.63, 3.8) is 0 Å². The van der Waals surface area contributed by atoms with Gasteiger partial charge in [-0.2, -0.15) is 0 Å². The van der Waals surface area contributed by atoms with Gasteiger partial charge < -0.3 is 19.5 Å².